The molecule has 22 heavy (non-hydrogen) atoms. The van der Waals surface area contributed by atoms with Gasteiger partial charge in [-0.3, -0.25) is 9.59 Å². The van der Waals surface area contributed by atoms with Crippen LogP contribution >= 0.6 is 0 Å². The molecule has 4 nitrogen and oxygen atoms in total. The van der Waals surface area contributed by atoms with Crippen LogP contribution in [0, 0.1) is 16.7 Å². The van der Waals surface area contributed by atoms with Gasteiger partial charge in [0.2, 0.25) is 5.91 Å². The van der Waals surface area contributed by atoms with E-state index in [4.69, 9.17) is 0 Å². The molecule has 1 aromatic carbocycles. The van der Waals surface area contributed by atoms with Gasteiger partial charge < -0.3 is 10.4 Å². The highest BCUT2D eigenvalue weighted by atomic mass is 16.4. The van der Waals surface area contributed by atoms with E-state index in [2.05, 4.69) is 5.32 Å². The minimum absolute atomic E-state index is 0.0497. The zero-order chi connectivity index (χ0) is 16.5. The van der Waals surface area contributed by atoms with Gasteiger partial charge in [0, 0.05) is 5.92 Å². The standard InChI is InChI=1S/C18H25NO3/c1-12(13-8-6-5-7-9-13)19-15(20)14-10-11-18(4,16(21)22)17(14,2)3/h5-9,12,14H,10-11H2,1-4H3,(H,19,20)(H,21,22)/t12-,14-,18+/m1/s1. The summed E-state index contributed by atoms with van der Waals surface area (Å²) >= 11 is 0. The average molecular weight is 303 g/mol. The quantitative estimate of drug-likeness (QED) is 0.896. The Balaban J connectivity index is 2.13. The van der Waals surface area contributed by atoms with Crippen molar-refractivity contribution in [1.82, 2.24) is 5.32 Å². The van der Waals surface area contributed by atoms with Crippen molar-refractivity contribution in [2.75, 3.05) is 0 Å². The number of nitrogens with one attached hydrogen (secondary N) is 1. The second-order valence-electron chi connectivity index (χ2n) is 7.09. The smallest absolute Gasteiger partial charge is 0.309 e. The van der Waals surface area contributed by atoms with Gasteiger partial charge in [0.15, 0.2) is 0 Å². The first-order valence-corrected chi connectivity index (χ1v) is 7.79. The van der Waals surface area contributed by atoms with Gasteiger partial charge in [0.1, 0.15) is 0 Å². The van der Waals surface area contributed by atoms with Crippen molar-refractivity contribution in [3.05, 3.63) is 35.9 Å². The van der Waals surface area contributed by atoms with Crippen LogP contribution in [0.15, 0.2) is 30.3 Å². The second kappa shape index (κ2) is 5.75. The maximum Gasteiger partial charge on any atom is 0.309 e. The van der Waals surface area contributed by atoms with Gasteiger partial charge in [-0.15, -0.1) is 0 Å². The molecule has 0 spiro atoms. The molecule has 0 aliphatic heterocycles. The van der Waals surface area contributed by atoms with Crippen molar-refractivity contribution in [2.45, 2.75) is 46.6 Å². The number of aliphatic carboxylic acids is 1. The fraction of sp³-hybridized carbons (Fsp3) is 0.556. The highest BCUT2D eigenvalue weighted by molar-refractivity contribution is 5.84. The third-order valence-electron chi connectivity index (χ3n) is 5.67. The van der Waals surface area contributed by atoms with Crippen LogP contribution < -0.4 is 5.32 Å². The molecule has 1 saturated carbocycles. The molecule has 1 aliphatic carbocycles. The predicted molar refractivity (Wildman–Crippen MR) is 85.2 cm³/mol. The van der Waals surface area contributed by atoms with E-state index >= 15 is 0 Å². The Morgan fingerprint density at radius 3 is 2.32 bits per heavy atom. The normalized spacial score (nSPS) is 28.1. The van der Waals surface area contributed by atoms with E-state index in [-0.39, 0.29) is 17.9 Å². The number of carbonyl (C=O) groups excluding carboxylic acids is 1. The molecule has 0 radical (unpaired) electrons. The van der Waals surface area contributed by atoms with Crippen LogP contribution in [0.3, 0.4) is 0 Å². The Labute approximate surface area is 131 Å². The van der Waals surface area contributed by atoms with Gasteiger partial charge >= 0.3 is 5.97 Å². The Morgan fingerprint density at radius 2 is 1.82 bits per heavy atom. The van der Waals surface area contributed by atoms with Gasteiger partial charge in [-0.05, 0) is 37.7 Å². The number of benzene rings is 1. The predicted octanol–water partition coefficient (Wildman–Crippen LogP) is 3.39. The third kappa shape index (κ3) is 2.62. The first kappa shape index (κ1) is 16.5. The van der Waals surface area contributed by atoms with Gasteiger partial charge in [0.05, 0.1) is 11.5 Å². The zero-order valence-electron chi connectivity index (χ0n) is 13.7. The summed E-state index contributed by atoms with van der Waals surface area (Å²) in [6.45, 7) is 7.49. The maximum atomic E-state index is 12.7. The molecule has 1 aliphatic rings. The molecule has 0 unspecified atom stereocenters. The van der Waals surface area contributed by atoms with E-state index in [1.54, 1.807) is 6.92 Å². The van der Waals surface area contributed by atoms with Gasteiger partial charge in [0.25, 0.3) is 0 Å². The summed E-state index contributed by atoms with van der Waals surface area (Å²) in [6, 6.07) is 9.70. The number of hydrogen-bond acceptors (Lipinski definition) is 2. The van der Waals surface area contributed by atoms with Crippen LogP contribution in [-0.4, -0.2) is 17.0 Å². The van der Waals surface area contributed by atoms with Crippen molar-refractivity contribution < 1.29 is 14.7 Å². The van der Waals surface area contributed by atoms with Crippen molar-refractivity contribution in [3.8, 4) is 0 Å². The minimum atomic E-state index is -0.856. The lowest BCUT2D eigenvalue weighted by Gasteiger charge is -2.38. The summed E-state index contributed by atoms with van der Waals surface area (Å²) in [5.74, 6) is -1.14. The molecule has 1 aromatic rings. The SMILES string of the molecule is C[C@@H](NC(=O)[C@H]1CC[C@@](C)(C(=O)O)C1(C)C)c1ccccc1. The first-order chi connectivity index (χ1) is 10.2. The maximum absolute atomic E-state index is 12.7. The molecule has 3 atom stereocenters. The Kier molecular flexibility index (Phi) is 4.32. The Morgan fingerprint density at radius 1 is 1.23 bits per heavy atom. The summed E-state index contributed by atoms with van der Waals surface area (Å²) in [5.41, 5.74) is -0.378. The minimum Gasteiger partial charge on any atom is -0.481 e. The van der Waals surface area contributed by atoms with Crippen LogP contribution in [0.1, 0.15) is 52.1 Å². The lowest BCUT2D eigenvalue weighted by Crippen LogP contribution is -2.45. The van der Waals surface area contributed by atoms with Crippen molar-refractivity contribution in [1.29, 1.82) is 0 Å². The van der Waals surface area contributed by atoms with E-state index < -0.39 is 16.8 Å². The average Bonchev–Trinajstić information content (AvgIpc) is 2.71. The molecule has 1 amide bonds. The monoisotopic (exact) mass is 303 g/mol. The Bertz CT molecular complexity index is 567. The van der Waals surface area contributed by atoms with E-state index in [9.17, 15) is 14.7 Å². The zero-order valence-corrected chi connectivity index (χ0v) is 13.7. The molecule has 0 bridgehead atoms. The summed E-state index contributed by atoms with van der Waals surface area (Å²) in [4.78, 5) is 24.3. The summed E-state index contributed by atoms with van der Waals surface area (Å²) in [6.07, 6.45) is 1.15. The van der Waals surface area contributed by atoms with Gasteiger partial charge in [-0.2, -0.15) is 0 Å². The largest absolute Gasteiger partial charge is 0.481 e. The molecule has 0 heterocycles. The summed E-state index contributed by atoms with van der Waals surface area (Å²) in [7, 11) is 0. The van der Waals surface area contributed by atoms with Crippen LogP contribution in [0.5, 0.6) is 0 Å². The lowest BCUT2D eigenvalue weighted by atomic mass is 9.65. The molecular formula is C18H25NO3. The topological polar surface area (TPSA) is 66.4 Å². The first-order valence-electron chi connectivity index (χ1n) is 7.79. The molecule has 0 aromatic heterocycles. The molecule has 0 saturated heterocycles. The van der Waals surface area contributed by atoms with Gasteiger partial charge in [-0.25, -0.2) is 0 Å². The molecule has 120 valence electrons. The van der Waals surface area contributed by atoms with Gasteiger partial charge in [-0.1, -0.05) is 44.2 Å². The second-order valence-corrected chi connectivity index (χ2v) is 7.09. The highest BCUT2D eigenvalue weighted by Crippen LogP contribution is 2.56. The fourth-order valence-corrected chi connectivity index (χ4v) is 3.48. The number of carbonyl (C=O) groups is 2. The number of carboxylic acid groups (broad SMARTS) is 1. The van der Waals surface area contributed by atoms with E-state index in [1.807, 2.05) is 51.1 Å². The number of amides is 1. The van der Waals surface area contributed by atoms with E-state index in [0.717, 1.165) is 5.56 Å². The number of carboxylic acids is 1. The summed E-state index contributed by atoms with van der Waals surface area (Å²) < 4.78 is 0. The van der Waals surface area contributed by atoms with Crippen LogP contribution in [0.25, 0.3) is 0 Å². The van der Waals surface area contributed by atoms with E-state index in [1.165, 1.54) is 0 Å². The summed E-state index contributed by atoms with van der Waals surface area (Å²) in [5, 5.41) is 12.6. The highest BCUT2D eigenvalue weighted by Gasteiger charge is 2.58. The van der Waals surface area contributed by atoms with Crippen molar-refractivity contribution in [3.63, 3.8) is 0 Å². The van der Waals surface area contributed by atoms with Crippen LogP contribution in [0.4, 0.5) is 0 Å². The van der Waals surface area contributed by atoms with Crippen molar-refractivity contribution in [2.24, 2.45) is 16.7 Å². The number of hydrogen-bond donors (Lipinski definition) is 2. The molecule has 4 heteroatoms. The molecule has 1 fully saturated rings. The van der Waals surface area contributed by atoms with Crippen LogP contribution in [-0.2, 0) is 9.59 Å². The van der Waals surface area contributed by atoms with Crippen molar-refractivity contribution >= 4 is 11.9 Å². The fourth-order valence-electron chi connectivity index (χ4n) is 3.48. The van der Waals surface area contributed by atoms with E-state index in [0.29, 0.717) is 12.8 Å². The van der Waals surface area contributed by atoms with Crippen LogP contribution in [0.2, 0.25) is 0 Å². The molecule has 2 rings (SSSR count). The molecular weight excluding hydrogens is 278 g/mol. The number of rotatable bonds is 4. The third-order valence-corrected chi connectivity index (χ3v) is 5.67. The molecule has 2 N–H and O–H groups in total. The lowest BCUT2D eigenvalue weighted by molar-refractivity contribution is -0.155. The Hall–Kier alpha value is -1.84.